The fourth-order valence-electron chi connectivity index (χ4n) is 3.17. The summed E-state index contributed by atoms with van der Waals surface area (Å²) in [7, 11) is 1.33. The van der Waals surface area contributed by atoms with E-state index < -0.39 is 48.8 Å². The average Bonchev–Trinajstić information content (AvgIpc) is 2.78. The van der Waals surface area contributed by atoms with Gasteiger partial charge in [-0.15, -0.1) is 0 Å². The van der Waals surface area contributed by atoms with E-state index in [1.165, 1.54) is 43.5 Å². The summed E-state index contributed by atoms with van der Waals surface area (Å²) in [5.74, 6) is -1.13. The fourth-order valence-corrected chi connectivity index (χ4v) is 3.17. The lowest BCUT2D eigenvalue weighted by Crippen LogP contribution is -2.60. The molecule has 0 aliphatic carbocycles. The molecule has 5 unspecified atom stereocenters. The normalized spacial score (nSPS) is 25.6. The lowest BCUT2D eigenvalue weighted by Gasteiger charge is -2.39. The molecule has 5 atom stereocenters. The molecular weight excluding hydrogens is 424 g/mol. The van der Waals surface area contributed by atoms with Gasteiger partial charge < -0.3 is 44.8 Å². The maximum Gasteiger partial charge on any atom is 0.229 e. The van der Waals surface area contributed by atoms with Crippen molar-refractivity contribution >= 4 is 11.9 Å². The van der Waals surface area contributed by atoms with Gasteiger partial charge in [0.25, 0.3) is 0 Å². The van der Waals surface area contributed by atoms with Crippen molar-refractivity contribution in [1.82, 2.24) is 0 Å². The van der Waals surface area contributed by atoms with E-state index in [9.17, 15) is 35.4 Å². The molecule has 0 bridgehead atoms. The van der Waals surface area contributed by atoms with Crippen LogP contribution in [0.15, 0.2) is 42.5 Å². The number of aliphatic hydroxyl groups is 4. The molecule has 1 aliphatic rings. The molecule has 0 radical (unpaired) electrons. The van der Waals surface area contributed by atoms with Gasteiger partial charge in [-0.05, 0) is 23.8 Å². The van der Waals surface area contributed by atoms with Gasteiger partial charge in [0.15, 0.2) is 5.78 Å². The Balaban J connectivity index is 1.92. The Bertz CT molecular complexity index is 969. The number of phenolic OH excluding ortho intramolecular Hbond substituents is 2. The second kappa shape index (κ2) is 9.98. The van der Waals surface area contributed by atoms with E-state index in [-0.39, 0.29) is 22.8 Å². The Morgan fingerprint density at radius 2 is 1.75 bits per heavy atom. The van der Waals surface area contributed by atoms with Gasteiger partial charge in [-0.3, -0.25) is 4.79 Å². The van der Waals surface area contributed by atoms with Crippen LogP contribution in [0.5, 0.6) is 23.0 Å². The third-order valence-electron chi connectivity index (χ3n) is 4.95. The monoisotopic (exact) mass is 448 g/mol. The predicted molar refractivity (Wildman–Crippen MR) is 111 cm³/mol. The molecule has 1 heterocycles. The third kappa shape index (κ3) is 5.01. The largest absolute Gasteiger partial charge is 0.508 e. The fraction of sp³-hybridized carbons (Fsp3) is 0.318. The SMILES string of the molecule is COc1cc(O)c(C(=O)/C=C/c2ccc(O)cc2)c(OC2OC(CO)C(O)C(O)C2O)c1. The third-order valence-corrected chi connectivity index (χ3v) is 4.95. The zero-order valence-electron chi connectivity index (χ0n) is 17.0. The van der Waals surface area contributed by atoms with Crippen molar-refractivity contribution in [3.63, 3.8) is 0 Å². The number of benzene rings is 2. The Hall–Kier alpha value is -3.15. The van der Waals surface area contributed by atoms with Crippen LogP contribution in [0.4, 0.5) is 0 Å². The van der Waals surface area contributed by atoms with Crippen LogP contribution in [0.1, 0.15) is 15.9 Å². The molecular formula is C22H24O10. The number of carbonyl (C=O) groups excluding carboxylic acids is 1. The summed E-state index contributed by atoms with van der Waals surface area (Å²) >= 11 is 0. The summed E-state index contributed by atoms with van der Waals surface area (Å²) in [6.45, 7) is -0.657. The van der Waals surface area contributed by atoms with Gasteiger partial charge in [0, 0.05) is 12.1 Å². The Labute approximate surface area is 183 Å². The van der Waals surface area contributed by atoms with Gasteiger partial charge in [-0.2, -0.15) is 0 Å². The van der Waals surface area contributed by atoms with E-state index in [1.54, 1.807) is 12.1 Å². The lowest BCUT2D eigenvalue weighted by atomic mass is 9.99. The minimum absolute atomic E-state index is 0.0662. The van der Waals surface area contributed by atoms with E-state index >= 15 is 0 Å². The van der Waals surface area contributed by atoms with Crippen LogP contribution in [-0.2, 0) is 4.74 Å². The maximum atomic E-state index is 12.8. The molecule has 6 N–H and O–H groups in total. The van der Waals surface area contributed by atoms with Crippen LogP contribution in [0, 0.1) is 0 Å². The molecule has 0 spiro atoms. The summed E-state index contributed by atoms with van der Waals surface area (Å²) in [5, 5.41) is 59.2. The number of aromatic hydroxyl groups is 2. The molecule has 0 saturated carbocycles. The van der Waals surface area contributed by atoms with Crippen molar-refractivity contribution in [3.8, 4) is 23.0 Å². The molecule has 1 fully saturated rings. The quantitative estimate of drug-likeness (QED) is 0.254. The van der Waals surface area contributed by atoms with Crippen molar-refractivity contribution in [3.05, 3.63) is 53.6 Å². The number of methoxy groups -OCH3 is 1. The van der Waals surface area contributed by atoms with E-state index in [4.69, 9.17) is 14.2 Å². The van der Waals surface area contributed by atoms with Crippen molar-refractivity contribution in [1.29, 1.82) is 0 Å². The summed E-state index contributed by atoms with van der Waals surface area (Å²) in [6, 6.07) is 8.53. The van der Waals surface area contributed by atoms with Crippen LogP contribution < -0.4 is 9.47 Å². The molecule has 10 heteroatoms. The molecule has 3 rings (SSSR count). The zero-order valence-corrected chi connectivity index (χ0v) is 17.0. The molecule has 0 amide bonds. The zero-order chi connectivity index (χ0) is 23.4. The number of ether oxygens (including phenoxy) is 3. The lowest BCUT2D eigenvalue weighted by molar-refractivity contribution is -0.277. The number of hydrogen-bond acceptors (Lipinski definition) is 10. The molecule has 1 saturated heterocycles. The molecule has 0 aromatic heterocycles. The molecule has 2 aromatic carbocycles. The van der Waals surface area contributed by atoms with Gasteiger partial charge in [-0.25, -0.2) is 0 Å². The number of allylic oxidation sites excluding steroid dienone is 1. The predicted octanol–water partition coefficient (Wildman–Crippen LogP) is 0.181. The maximum absolute atomic E-state index is 12.8. The van der Waals surface area contributed by atoms with Gasteiger partial charge in [0.1, 0.15) is 53.0 Å². The number of aliphatic hydroxyl groups excluding tert-OH is 4. The highest BCUT2D eigenvalue weighted by Gasteiger charge is 2.45. The van der Waals surface area contributed by atoms with Crippen molar-refractivity contribution in [2.24, 2.45) is 0 Å². The van der Waals surface area contributed by atoms with Gasteiger partial charge in [0.2, 0.25) is 6.29 Å². The standard InChI is InChI=1S/C22H24O10/c1-30-13-8-15(26)18(14(25)7-4-11-2-5-12(24)6-3-11)16(9-13)31-22-21(29)20(28)19(27)17(10-23)32-22/h2-9,17,19-24,26-29H,10H2,1H3/b7-4+. The molecule has 32 heavy (non-hydrogen) atoms. The summed E-state index contributed by atoms with van der Waals surface area (Å²) in [6.07, 6.45) is -5.12. The molecule has 172 valence electrons. The van der Waals surface area contributed by atoms with Gasteiger partial charge in [-0.1, -0.05) is 18.2 Å². The van der Waals surface area contributed by atoms with Crippen molar-refractivity contribution in [2.75, 3.05) is 13.7 Å². The summed E-state index contributed by atoms with van der Waals surface area (Å²) in [4.78, 5) is 12.8. The highest BCUT2D eigenvalue weighted by atomic mass is 16.7. The van der Waals surface area contributed by atoms with E-state index in [2.05, 4.69) is 0 Å². The number of phenols is 2. The van der Waals surface area contributed by atoms with Crippen LogP contribution in [0.3, 0.4) is 0 Å². The van der Waals surface area contributed by atoms with Crippen LogP contribution in [-0.4, -0.2) is 80.8 Å². The van der Waals surface area contributed by atoms with Crippen molar-refractivity contribution < 1.29 is 49.6 Å². The highest BCUT2D eigenvalue weighted by molar-refractivity contribution is 6.10. The van der Waals surface area contributed by atoms with E-state index in [0.717, 1.165) is 0 Å². The first-order chi connectivity index (χ1) is 15.2. The number of hydrogen-bond donors (Lipinski definition) is 6. The number of carbonyl (C=O) groups is 1. The summed E-state index contributed by atoms with van der Waals surface area (Å²) < 4.78 is 16.0. The van der Waals surface area contributed by atoms with Crippen molar-refractivity contribution in [2.45, 2.75) is 30.7 Å². The first-order valence-electron chi connectivity index (χ1n) is 9.64. The topological polar surface area (TPSA) is 166 Å². The number of ketones is 1. The minimum Gasteiger partial charge on any atom is -0.508 e. The minimum atomic E-state index is -1.71. The molecule has 2 aromatic rings. The second-order valence-corrected chi connectivity index (χ2v) is 7.12. The van der Waals surface area contributed by atoms with Gasteiger partial charge >= 0.3 is 0 Å². The second-order valence-electron chi connectivity index (χ2n) is 7.12. The first kappa shape index (κ1) is 23.5. The molecule has 1 aliphatic heterocycles. The Kier molecular flexibility index (Phi) is 7.33. The first-order valence-corrected chi connectivity index (χ1v) is 9.64. The average molecular weight is 448 g/mol. The van der Waals surface area contributed by atoms with E-state index in [0.29, 0.717) is 5.56 Å². The summed E-state index contributed by atoms with van der Waals surface area (Å²) in [5.41, 5.74) is 0.346. The number of rotatable bonds is 7. The molecule has 10 nitrogen and oxygen atoms in total. The highest BCUT2D eigenvalue weighted by Crippen LogP contribution is 2.36. The van der Waals surface area contributed by atoms with Crippen LogP contribution in [0.2, 0.25) is 0 Å². The Morgan fingerprint density at radius 1 is 1.06 bits per heavy atom. The Morgan fingerprint density at radius 3 is 2.38 bits per heavy atom. The smallest absolute Gasteiger partial charge is 0.229 e. The van der Waals surface area contributed by atoms with Crippen LogP contribution in [0.25, 0.3) is 6.08 Å². The van der Waals surface area contributed by atoms with Gasteiger partial charge in [0.05, 0.1) is 13.7 Å². The van der Waals surface area contributed by atoms with Crippen LogP contribution >= 0.6 is 0 Å². The van der Waals surface area contributed by atoms with E-state index in [1.807, 2.05) is 0 Å².